The minimum absolute atomic E-state index is 0.175. The van der Waals surface area contributed by atoms with Crippen LogP contribution in [0.1, 0.15) is 36.5 Å². The molecule has 2 aliphatic heterocycles. The van der Waals surface area contributed by atoms with E-state index >= 15 is 0 Å². The molecule has 2 heterocycles. The number of ether oxygens (including phenoxy) is 2. The van der Waals surface area contributed by atoms with Crippen molar-refractivity contribution >= 4 is 29.2 Å². The van der Waals surface area contributed by atoms with Crippen LogP contribution in [0.5, 0.6) is 5.75 Å². The summed E-state index contributed by atoms with van der Waals surface area (Å²) in [4.78, 5) is 40.7. The smallest absolute Gasteiger partial charge is 0.337 e. The molecule has 8 heteroatoms. The number of piperidine rings is 1. The molecule has 8 nitrogen and oxygen atoms in total. The first-order valence-electron chi connectivity index (χ1n) is 11.3. The second-order valence-electron chi connectivity index (χ2n) is 8.24. The number of likely N-dealkylation sites (tertiary alicyclic amines) is 1. The number of amides is 2. The summed E-state index contributed by atoms with van der Waals surface area (Å²) >= 11 is 0. The Kier molecular flexibility index (Phi) is 6.93. The molecule has 0 saturated carbocycles. The van der Waals surface area contributed by atoms with Crippen molar-refractivity contribution in [2.24, 2.45) is 0 Å². The second kappa shape index (κ2) is 10.0. The maximum atomic E-state index is 13.1. The molecule has 1 atom stereocenters. The molecular formula is C25H29N3O5. The van der Waals surface area contributed by atoms with Gasteiger partial charge in [0, 0.05) is 24.8 Å². The third-order valence-electron chi connectivity index (χ3n) is 6.18. The lowest BCUT2D eigenvalue weighted by Crippen LogP contribution is -2.48. The first-order valence-corrected chi connectivity index (χ1v) is 11.3. The minimum atomic E-state index is -0.458. The summed E-state index contributed by atoms with van der Waals surface area (Å²) in [7, 11) is 1.31. The van der Waals surface area contributed by atoms with Gasteiger partial charge in [0.15, 0.2) is 0 Å². The van der Waals surface area contributed by atoms with Gasteiger partial charge >= 0.3 is 5.97 Å². The van der Waals surface area contributed by atoms with Crippen molar-refractivity contribution in [3.05, 3.63) is 54.1 Å². The van der Waals surface area contributed by atoms with Gasteiger partial charge in [-0.25, -0.2) is 9.69 Å². The number of anilines is 2. The summed E-state index contributed by atoms with van der Waals surface area (Å²) in [6, 6.07) is 14.2. The monoisotopic (exact) mass is 451 g/mol. The van der Waals surface area contributed by atoms with Crippen LogP contribution < -0.4 is 15.0 Å². The highest BCUT2D eigenvalue weighted by atomic mass is 16.5. The number of hydrogen-bond donors (Lipinski definition) is 1. The molecule has 0 aliphatic carbocycles. The number of nitrogens with zero attached hydrogens (tertiary/aromatic N) is 2. The van der Waals surface area contributed by atoms with Crippen molar-refractivity contribution in [3.8, 4) is 5.75 Å². The fraction of sp³-hybridized carbons (Fsp3) is 0.400. The molecule has 2 aliphatic rings. The normalized spacial score (nSPS) is 19.6. The van der Waals surface area contributed by atoms with Crippen molar-refractivity contribution in [2.75, 3.05) is 37.0 Å². The second-order valence-corrected chi connectivity index (χ2v) is 8.24. The Morgan fingerprint density at radius 1 is 1.03 bits per heavy atom. The van der Waals surface area contributed by atoms with Gasteiger partial charge in [0.25, 0.3) is 5.91 Å². The van der Waals surface area contributed by atoms with Crippen molar-refractivity contribution in [1.29, 1.82) is 0 Å². The summed E-state index contributed by atoms with van der Waals surface area (Å²) in [6.07, 6.45) is 1.95. The van der Waals surface area contributed by atoms with Gasteiger partial charge in [0.1, 0.15) is 5.75 Å². The fourth-order valence-corrected chi connectivity index (χ4v) is 4.44. The lowest BCUT2D eigenvalue weighted by Gasteiger charge is -2.35. The van der Waals surface area contributed by atoms with E-state index in [4.69, 9.17) is 9.47 Å². The van der Waals surface area contributed by atoms with E-state index in [1.54, 1.807) is 24.3 Å². The quantitative estimate of drug-likeness (QED) is 0.511. The Bertz CT molecular complexity index is 998. The number of carbonyl (C=O) groups excluding carboxylic acids is 3. The molecule has 0 radical (unpaired) electrons. The molecule has 2 aromatic carbocycles. The molecule has 0 spiro atoms. The molecule has 2 fully saturated rings. The number of nitrogens with one attached hydrogen (secondary N) is 1. The lowest BCUT2D eigenvalue weighted by molar-refractivity contribution is -0.123. The molecule has 2 amide bonds. The number of hydrogen-bond acceptors (Lipinski definition) is 7. The molecule has 0 bridgehead atoms. The molecule has 2 saturated heterocycles. The third-order valence-corrected chi connectivity index (χ3v) is 6.18. The van der Waals surface area contributed by atoms with E-state index in [2.05, 4.69) is 10.2 Å². The zero-order valence-electron chi connectivity index (χ0n) is 19.0. The maximum Gasteiger partial charge on any atom is 0.337 e. The van der Waals surface area contributed by atoms with Crippen LogP contribution in [0.4, 0.5) is 11.4 Å². The number of esters is 1. The number of methoxy groups -OCH3 is 1. The van der Waals surface area contributed by atoms with Crippen LogP contribution in [-0.2, 0) is 14.3 Å². The van der Waals surface area contributed by atoms with E-state index in [0.717, 1.165) is 37.4 Å². The van der Waals surface area contributed by atoms with E-state index in [9.17, 15) is 14.4 Å². The average Bonchev–Trinajstić information content (AvgIpc) is 3.14. The number of benzene rings is 2. The van der Waals surface area contributed by atoms with Crippen LogP contribution in [0.3, 0.4) is 0 Å². The van der Waals surface area contributed by atoms with E-state index in [1.807, 2.05) is 31.2 Å². The van der Waals surface area contributed by atoms with Crippen molar-refractivity contribution in [2.45, 2.75) is 38.3 Å². The van der Waals surface area contributed by atoms with Gasteiger partial charge in [-0.1, -0.05) is 0 Å². The molecule has 33 heavy (non-hydrogen) atoms. The first kappa shape index (κ1) is 22.8. The Balaban J connectivity index is 1.33. The summed E-state index contributed by atoms with van der Waals surface area (Å²) in [6.45, 7) is 4.09. The topological polar surface area (TPSA) is 88.2 Å². The number of imide groups is 1. The van der Waals surface area contributed by atoms with Gasteiger partial charge in [-0.05, 0) is 68.3 Å². The Labute approximate surface area is 193 Å². The average molecular weight is 452 g/mol. The van der Waals surface area contributed by atoms with E-state index in [-0.39, 0.29) is 18.2 Å². The van der Waals surface area contributed by atoms with Gasteiger partial charge in [-0.15, -0.1) is 0 Å². The third kappa shape index (κ3) is 5.01. The summed E-state index contributed by atoms with van der Waals surface area (Å²) in [5.41, 5.74) is 1.90. The molecule has 1 unspecified atom stereocenters. The first-order chi connectivity index (χ1) is 16.0. The SMILES string of the molecule is CCOc1ccc(NC2CCN(C3CC(=O)N(c4ccc(C(=O)OC)cc4)C3=O)CC2)cc1. The summed E-state index contributed by atoms with van der Waals surface area (Å²) < 4.78 is 10.2. The largest absolute Gasteiger partial charge is 0.494 e. The predicted molar refractivity (Wildman–Crippen MR) is 125 cm³/mol. The minimum Gasteiger partial charge on any atom is -0.494 e. The van der Waals surface area contributed by atoms with Gasteiger partial charge in [0.2, 0.25) is 5.91 Å². The van der Waals surface area contributed by atoms with Crippen molar-refractivity contribution in [1.82, 2.24) is 4.90 Å². The van der Waals surface area contributed by atoms with E-state index in [1.165, 1.54) is 12.0 Å². The van der Waals surface area contributed by atoms with Crippen LogP contribution in [-0.4, -0.2) is 61.6 Å². The maximum absolute atomic E-state index is 13.1. The zero-order chi connectivity index (χ0) is 23.4. The van der Waals surface area contributed by atoms with E-state index < -0.39 is 12.0 Å². The van der Waals surface area contributed by atoms with Crippen molar-refractivity contribution < 1.29 is 23.9 Å². The predicted octanol–water partition coefficient (Wildman–Crippen LogP) is 3.08. The Hall–Kier alpha value is -3.39. The van der Waals surface area contributed by atoms with Crippen LogP contribution in [0, 0.1) is 0 Å². The number of rotatable bonds is 7. The van der Waals surface area contributed by atoms with Crippen LogP contribution in [0.25, 0.3) is 0 Å². The molecule has 2 aromatic rings. The molecule has 4 rings (SSSR count). The van der Waals surface area contributed by atoms with E-state index in [0.29, 0.717) is 23.9 Å². The highest BCUT2D eigenvalue weighted by Crippen LogP contribution is 2.28. The molecule has 174 valence electrons. The van der Waals surface area contributed by atoms with Gasteiger partial charge in [0.05, 0.1) is 37.4 Å². The van der Waals surface area contributed by atoms with Crippen LogP contribution >= 0.6 is 0 Å². The highest BCUT2D eigenvalue weighted by molar-refractivity contribution is 6.22. The van der Waals surface area contributed by atoms with Crippen LogP contribution in [0.15, 0.2) is 48.5 Å². The summed E-state index contributed by atoms with van der Waals surface area (Å²) in [5.74, 6) is -0.0267. The van der Waals surface area contributed by atoms with Crippen LogP contribution in [0.2, 0.25) is 0 Å². The Morgan fingerprint density at radius 3 is 2.30 bits per heavy atom. The lowest BCUT2D eigenvalue weighted by atomic mass is 10.0. The van der Waals surface area contributed by atoms with Gasteiger partial charge in [-0.3, -0.25) is 14.5 Å². The van der Waals surface area contributed by atoms with Gasteiger partial charge < -0.3 is 14.8 Å². The standard InChI is InChI=1S/C25H29N3O5/c1-3-33-21-10-6-18(7-11-21)26-19-12-14-27(15-13-19)22-16-23(29)28(24(22)30)20-8-4-17(5-9-20)25(31)32-2/h4-11,19,22,26H,3,12-16H2,1-2H3. The summed E-state index contributed by atoms with van der Waals surface area (Å²) in [5, 5.41) is 3.55. The highest BCUT2D eigenvalue weighted by Gasteiger charge is 2.43. The molecule has 1 N–H and O–H groups in total. The molecular weight excluding hydrogens is 422 g/mol. The fourth-order valence-electron chi connectivity index (χ4n) is 4.44. The van der Waals surface area contributed by atoms with Crippen molar-refractivity contribution in [3.63, 3.8) is 0 Å². The molecule has 0 aromatic heterocycles. The number of carbonyl (C=O) groups is 3. The Morgan fingerprint density at radius 2 is 1.70 bits per heavy atom. The van der Waals surface area contributed by atoms with Gasteiger partial charge in [-0.2, -0.15) is 0 Å². The zero-order valence-corrected chi connectivity index (χ0v) is 19.0.